The first-order valence-electron chi connectivity index (χ1n) is 4.58. The van der Waals surface area contributed by atoms with Gasteiger partial charge >= 0.3 is 0 Å². The maximum absolute atomic E-state index is 10.4. The summed E-state index contributed by atoms with van der Waals surface area (Å²) in [7, 11) is -1.96. The Labute approximate surface area is 79.5 Å². The fourth-order valence-corrected chi connectivity index (χ4v) is 4.59. The molecular weight excluding hydrogens is 179 g/mol. The zero-order valence-electron chi connectivity index (χ0n) is 7.61. The van der Waals surface area contributed by atoms with E-state index in [4.69, 9.17) is 0 Å². The third kappa shape index (κ3) is 1.43. The van der Waals surface area contributed by atoms with Crippen LogP contribution >= 0.6 is 7.49 Å². The molecule has 1 atom stereocenters. The lowest BCUT2D eigenvalue weighted by molar-refractivity contribution is 0.622. The van der Waals surface area contributed by atoms with Crippen molar-refractivity contribution < 1.29 is 4.89 Å². The van der Waals surface area contributed by atoms with E-state index in [9.17, 15) is 4.89 Å². The predicted molar refractivity (Wildman–Crippen MR) is 58.5 cm³/mol. The van der Waals surface area contributed by atoms with E-state index in [1.807, 2.05) is 30.3 Å². The molecule has 0 saturated carbocycles. The van der Waals surface area contributed by atoms with Crippen LogP contribution in [0.1, 0.15) is 12.8 Å². The van der Waals surface area contributed by atoms with Gasteiger partial charge in [-0.25, -0.2) is 0 Å². The van der Waals surface area contributed by atoms with Gasteiger partial charge in [0.25, 0.3) is 0 Å². The van der Waals surface area contributed by atoms with Crippen molar-refractivity contribution in [3.05, 3.63) is 42.2 Å². The molecule has 1 aliphatic rings. The van der Waals surface area contributed by atoms with Crippen molar-refractivity contribution in [1.82, 2.24) is 0 Å². The Hall–Kier alpha value is -0.650. The van der Waals surface area contributed by atoms with Crippen LogP contribution in [0.4, 0.5) is 0 Å². The summed E-state index contributed by atoms with van der Waals surface area (Å²) in [5.41, 5.74) is 0. The highest BCUT2D eigenvalue weighted by Crippen LogP contribution is 2.66. The standard InChI is InChI=1S/C11H14OP/c1-10-6-5-9-13(10,12)11-7-3-2-4-8-11/h2-4,7-8,12H,1,5-6,9H2. The maximum Gasteiger partial charge on any atom is 0.0347 e. The van der Waals surface area contributed by atoms with E-state index in [1.165, 1.54) is 0 Å². The molecule has 1 aliphatic heterocycles. The number of hydrogen-bond donors (Lipinski definition) is 1. The van der Waals surface area contributed by atoms with Gasteiger partial charge in [0, 0.05) is 12.8 Å². The average molecular weight is 193 g/mol. The van der Waals surface area contributed by atoms with Gasteiger partial charge in [-0.05, 0) is 24.3 Å². The van der Waals surface area contributed by atoms with E-state index in [1.54, 1.807) is 0 Å². The summed E-state index contributed by atoms with van der Waals surface area (Å²) in [4.78, 5) is 10.4. The fourth-order valence-electron chi connectivity index (χ4n) is 1.84. The van der Waals surface area contributed by atoms with Crippen molar-refractivity contribution in [2.75, 3.05) is 6.16 Å². The first-order chi connectivity index (χ1) is 6.23. The normalized spacial score (nSPS) is 27.9. The Kier molecular flexibility index (Phi) is 2.23. The Morgan fingerprint density at radius 2 is 1.92 bits per heavy atom. The summed E-state index contributed by atoms with van der Waals surface area (Å²) in [6, 6.07) is 9.99. The molecule has 1 radical (unpaired) electrons. The highest BCUT2D eigenvalue weighted by Gasteiger charge is 2.34. The first-order valence-corrected chi connectivity index (χ1v) is 6.51. The summed E-state index contributed by atoms with van der Waals surface area (Å²) in [6.07, 6.45) is 3.02. The van der Waals surface area contributed by atoms with Crippen LogP contribution in [0.2, 0.25) is 0 Å². The molecule has 0 spiro atoms. The lowest BCUT2D eigenvalue weighted by Crippen LogP contribution is -2.10. The van der Waals surface area contributed by atoms with Crippen LogP contribution in [0.5, 0.6) is 0 Å². The van der Waals surface area contributed by atoms with Crippen LogP contribution < -0.4 is 5.30 Å². The molecule has 1 heterocycles. The molecule has 1 aromatic rings. The molecule has 1 nitrogen and oxygen atoms in total. The molecule has 0 bridgehead atoms. The second-order valence-electron chi connectivity index (χ2n) is 3.50. The molecule has 0 amide bonds. The second kappa shape index (κ2) is 3.25. The minimum Gasteiger partial charge on any atom is -0.371 e. The Morgan fingerprint density at radius 1 is 1.23 bits per heavy atom. The Balaban J connectivity index is 2.40. The minimum absolute atomic E-state index is 0.926. The summed E-state index contributed by atoms with van der Waals surface area (Å²) < 4.78 is 0. The fraction of sp³-hybridized carbons (Fsp3) is 0.273. The van der Waals surface area contributed by atoms with Gasteiger partial charge in [0.1, 0.15) is 0 Å². The molecule has 2 heteroatoms. The highest BCUT2D eigenvalue weighted by molar-refractivity contribution is 7.81. The van der Waals surface area contributed by atoms with Crippen LogP contribution in [0, 0.1) is 0 Å². The van der Waals surface area contributed by atoms with E-state index in [0.717, 1.165) is 29.6 Å². The van der Waals surface area contributed by atoms with Crippen molar-refractivity contribution in [2.24, 2.45) is 0 Å². The minimum atomic E-state index is -1.96. The maximum atomic E-state index is 10.4. The Morgan fingerprint density at radius 3 is 2.46 bits per heavy atom. The lowest BCUT2D eigenvalue weighted by atomic mass is 10.3. The SMILES string of the molecule is C=C1CCC[P]1(O)c1ccccc1. The van der Waals surface area contributed by atoms with Crippen molar-refractivity contribution in [3.63, 3.8) is 0 Å². The Bertz CT molecular complexity index is 320. The van der Waals surface area contributed by atoms with Gasteiger partial charge in [0.05, 0.1) is 0 Å². The molecule has 1 fully saturated rings. The van der Waals surface area contributed by atoms with Crippen molar-refractivity contribution in [1.29, 1.82) is 0 Å². The molecule has 0 aromatic heterocycles. The van der Waals surface area contributed by atoms with Gasteiger partial charge in [-0.3, -0.25) is 0 Å². The summed E-state index contributed by atoms with van der Waals surface area (Å²) in [5, 5.41) is 2.16. The van der Waals surface area contributed by atoms with E-state index in [2.05, 4.69) is 6.58 Å². The van der Waals surface area contributed by atoms with Crippen LogP contribution in [-0.4, -0.2) is 11.1 Å². The molecule has 1 unspecified atom stereocenters. The zero-order valence-corrected chi connectivity index (χ0v) is 8.50. The number of hydrogen-bond acceptors (Lipinski definition) is 1. The molecule has 1 N–H and O–H groups in total. The second-order valence-corrected chi connectivity index (χ2v) is 6.63. The zero-order chi connectivity index (χ0) is 9.31. The van der Waals surface area contributed by atoms with Crippen molar-refractivity contribution in [2.45, 2.75) is 12.8 Å². The number of benzene rings is 1. The van der Waals surface area contributed by atoms with E-state index >= 15 is 0 Å². The quantitative estimate of drug-likeness (QED) is 0.679. The average Bonchev–Trinajstić information content (AvgIpc) is 2.50. The molecular formula is C11H14OP. The molecule has 1 aromatic carbocycles. The third-order valence-electron chi connectivity index (χ3n) is 2.65. The van der Waals surface area contributed by atoms with Crippen molar-refractivity contribution in [3.8, 4) is 0 Å². The van der Waals surface area contributed by atoms with Crippen LogP contribution in [0.3, 0.4) is 0 Å². The van der Waals surface area contributed by atoms with E-state index < -0.39 is 7.49 Å². The number of allylic oxidation sites excluding steroid dienone is 1. The number of rotatable bonds is 1. The molecule has 69 valence electrons. The summed E-state index contributed by atoms with van der Waals surface area (Å²) >= 11 is 0. The largest absolute Gasteiger partial charge is 0.371 e. The van der Waals surface area contributed by atoms with E-state index in [0.29, 0.717) is 0 Å². The molecule has 13 heavy (non-hydrogen) atoms. The smallest absolute Gasteiger partial charge is 0.0347 e. The summed E-state index contributed by atoms with van der Waals surface area (Å²) in [6.45, 7) is 3.98. The van der Waals surface area contributed by atoms with Crippen LogP contribution in [0.15, 0.2) is 42.2 Å². The predicted octanol–water partition coefficient (Wildman–Crippen LogP) is 2.54. The van der Waals surface area contributed by atoms with Gasteiger partial charge < -0.3 is 4.89 Å². The first kappa shape index (κ1) is 8.93. The summed E-state index contributed by atoms with van der Waals surface area (Å²) in [5.74, 6) is 0. The van der Waals surface area contributed by atoms with Crippen molar-refractivity contribution >= 4 is 12.8 Å². The van der Waals surface area contributed by atoms with Gasteiger partial charge in [-0.2, -0.15) is 0 Å². The van der Waals surface area contributed by atoms with Crippen LogP contribution in [0.25, 0.3) is 0 Å². The third-order valence-corrected chi connectivity index (χ3v) is 6.04. The van der Waals surface area contributed by atoms with Gasteiger partial charge in [0.15, 0.2) is 0 Å². The topological polar surface area (TPSA) is 20.2 Å². The van der Waals surface area contributed by atoms with Gasteiger partial charge in [-0.1, -0.05) is 36.9 Å². The monoisotopic (exact) mass is 193 g/mol. The van der Waals surface area contributed by atoms with Gasteiger partial charge in [0.2, 0.25) is 0 Å². The van der Waals surface area contributed by atoms with Gasteiger partial charge in [-0.15, -0.1) is 0 Å². The molecule has 2 rings (SSSR count). The molecule has 0 aliphatic carbocycles. The van der Waals surface area contributed by atoms with E-state index in [-0.39, 0.29) is 0 Å². The molecule has 1 saturated heterocycles. The lowest BCUT2D eigenvalue weighted by Gasteiger charge is -2.26. The van der Waals surface area contributed by atoms with Crippen LogP contribution in [-0.2, 0) is 0 Å². The highest BCUT2D eigenvalue weighted by atomic mass is 31.2.